The number of carboxylic acids is 1. The first-order valence-electron chi connectivity index (χ1n) is 5.10. The number of carbonyl (C=O) groups excluding carboxylic acids is 1. The largest absolute Gasteiger partial charge is 0.477 e. The molecule has 0 aromatic carbocycles. The van der Waals surface area contributed by atoms with Gasteiger partial charge in [0.1, 0.15) is 5.69 Å². The van der Waals surface area contributed by atoms with Gasteiger partial charge in [-0.1, -0.05) is 6.92 Å². The Bertz CT molecular complexity index is 402. The number of carbonyl (C=O) groups is 2. The highest BCUT2D eigenvalue weighted by atomic mass is 16.5. The van der Waals surface area contributed by atoms with Crippen LogP contribution in [-0.2, 0) is 9.53 Å². The van der Waals surface area contributed by atoms with Crippen LogP contribution in [0, 0.1) is 5.92 Å². The Morgan fingerprint density at radius 2 is 2.35 bits per heavy atom. The number of hydrogen-bond acceptors (Lipinski definition) is 4. The second kappa shape index (κ2) is 6.00. The molecule has 0 aliphatic heterocycles. The van der Waals surface area contributed by atoms with Gasteiger partial charge >= 0.3 is 5.97 Å². The molecule has 1 heterocycles. The minimum absolute atomic E-state index is 0.0646. The highest BCUT2D eigenvalue weighted by molar-refractivity contribution is 5.92. The lowest BCUT2D eigenvalue weighted by molar-refractivity contribution is -0.117. The van der Waals surface area contributed by atoms with Crippen LogP contribution in [-0.4, -0.2) is 40.9 Å². The number of hydrogen-bond donors (Lipinski definition) is 3. The van der Waals surface area contributed by atoms with Gasteiger partial charge in [0.25, 0.3) is 0 Å². The molecule has 0 aliphatic carbocycles. The van der Waals surface area contributed by atoms with E-state index >= 15 is 0 Å². The van der Waals surface area contributed by atoms with Gasteiger partial charge in [-0.3, -0.25) is 9.89 Å². The van der Waals surface area contributed by atoms with Gasteiger partial charge in [-0.2, -0.15) is 5.10 Å². The Kier molecular flexibility index (Phi) is 4.65. The van der Waals surface area contributed by atoms with Crippen molar-refractivity contribution in [2.75, 3.05) is 19.0 Å². The number of H-pyrrole nitrogens is 1. The van der Waals surface area contributed by atoms with E-state index in [4.69, 9.17) is 9.84 Å². The van der Waals surface area contributed by atoms with E-state index in [9.17, 15) is 9.59 Å². The molecule has 0 spiro atoms. The van der Waals surface area contributed by atoms with Gasteiger partial charge in [0.2, 0.25) is 5.91 Å². The molecule has 7 heteroatoms. The summed E-state index contributed by atoms with van der Waals surface area (Å²) in [5.41, 5.74) is -0.0646. The van der Waals surface area contributed by atoms with E-state index in [1.807, 2.05) is 6.92 Å². The average Bonchev–Trinajstić information content (AvgIpc) is 2.66. The third-order valence-corrected chi connectivity index (χ3v) is 2.06. The van der Waals surface area contributed by atoms with Crippen LogP contribution in [0.1, 0.15) is 23.8 Å². The van der Waals surface area contributed by atoms with Gasteiger partial charge in [0.15, 0.2) is 5.82 Å². The van der Waals surface area contributed by atoms with Crippen molar-refractivity contribution >= 4 is 17.7 Å². The SMILES string of the molecule is COCC(C)CC(=O)Nc1cc(C(=O)O)[nH]n1. The number of rotatable bonds is 6. The number of nitrogens with one attached hydrogen (secondary N) is 2. The molecule has 0 aliphatic rings. The maximum absolute atomic E-state index is 11.5. The van der Waals surface area contributed by atoms with E-state index in [1.54, 1.807) is 7.11 Å². The van der Waals surface area contributed by atoms with Gasteiger partial charge in [-0.15, -0.1) is 0 Å². The Morgan fingerprint density at radius 3 is 2.88 bits per heavy atom. The van der Waals surface area contributed by atoms with Crippen molar-refractivity contribution in [1.29, 1.82) is 0 Å². The molecule has 1 rings (SSSR count). The second-order valence-electron chi connectivity index (χ2n) is 3.78. The molecule has 17 heavy (non-hydrogen) atoms. The van der Waals surface area contributed by atoms with Gasteiger partial charge in [0.05, 0.1) is 0 Å². The summed E-state index contributed by atoms with van der Waals surface area (Å²) in [5, 5.41) is 17.1. The molecule has 1 amide bonds. The predicted molar refractivity (Wildman–Crippen MR) is 59.8 cm³/mol. The zero-order valence-electron chi connectivity index (χ0n) is 9.69. The van der Waals surface area contributed by atoms with Crippen molar-refractivity contribution < 1.29 is 19.4 Å². The molecule has 1 aromatic rings. The lowest BCUT2D eigenvalue weighted by atomic mass is 10.1. The molecule has 1 atom stereocenters. The fraction of sp³-hybridized carbons (Fsp3) is 0.500. The first-order chi connectivity index (χ1) is 8.02. The lowest BCUT2D eigenvalue weighted by Crippen LogP contribution is -2.17. The van der Waals surface area contributed by atoms with Gasteiger partial charge < -0.3 is 15.2 Å². The molecule has 1 aromatic heterocycles. The number of aromatic carboxylic acids is 1. The van der Waals surface area contributed by atoms with Crippen LogP contribution in [0.2, 0.25) is 0 Å². The molecule has 1 unspecified atom stereocenters. The van der Waals surface area contributed by atoms with E-state index in [0.29, 0.717) is 13.0 Å². The third-order valence-electron chi connectivity index (χ3n) is 2.06. The quantitative estimate of drug-likeness (QED) is 0.680. The highest BCUT2D eigenvalue weighted by Gasteiger charge is 2.12. The molecule has 0 radical (unpaired) electrons. The predicted octanol–water partition coefficient (Wildman–Crippen LogP) is 0.719. The maximum atomic E-state index is 11.5. The maximum Gasteiger partial charge on any atom is 0.353 e. The molecule has 0 fully saturated rings. The summed E-state index contributed by atoms with van der Waals surface area (Å²) < 4.78 is 4.91. The summed E-state index contributed by atoms with van der Waals surface area (Å²) in [6.45, 7) is 2.38. The van der Waals surface area contributed by atoms with Crippen molar-refractivity contribution in [1.82, 2.24) is 10.2 Å². The van der Waals surface area contributed by atoms with Crippen molar-refractivity contribution in [3.05, 3.63) is 11.8 Å². The standard InChI is InChI=1S/C10H15N3O4/c1-6(5-17-2)3-9(14)11-8-4-7(10(15)16)12-13-8/h4,6H,3,5H2,1-2H3,(H,15,16)(H2,11,12,13,14). The molecular weight excluding hydrogens is 226 g/mol. The first-order valence-corrected chi connectivity index (χ1v) is 5.10. The highest BCUT2D eigenvalue weighted by Crippen LogP contribution is 2.08. The number of amides is 1. The van der Waals surface area contributed by atoms with Crippen molar-refractivity contribution in [2.24, 2.45) is 5.92 Å². The van der Waals surface area contributed by atoms with Crippen molar-refractivity contribution in [3.63, 3.8) is 0 Å². The zero-order chi connectivity index (χ0) is 12.8. The van der Waals surface area contributed by atoms with Crippen LogP contribution in [0.5, 0.6) is 0 Å². The molecule has 0 saturated carbocycles. The number of anilines is 1. The first kappa shape index (κ1) is 13.2. The molecular formula is C10H15N3O4. The van der Waals surface area contributed by atoms with Crippen molar-refractivity contribution in [3.8, 4) is 0 Å². The van der Waals surface area contributed by atoms with E-state index in [1.165, 1.54) is 6.07 Å². The number of aromatic amines is 1. The third kappa shape index (κ3) is 4.23. The molecule has 94 valence electrons. The van der Waals surface area contributed by atoms with Gasteiger partial charge in [-0.05, 0) is 5.92 Å². The Hall–Kier alpha value is -1.89. The second-order valence-corrected chi connectivity index (χ2v) is 3.78. The minimum atomic E-state index is -1.12. The minimum Gasteiger partial charge on any atom is -0.477 e. The van der Waals surface area contributed by atoms with E-state index in [0.717, 1.165) is 0 Å². The summed E-state index contributed by atoms with van der Waals surface area (Å²) in [7, 11) is 1.57. The fourth-order valence-corrected chi connectivity index (χ4v) is 1.35. The topological polar surface area (TPSA) is 104 Å². The zero-order valence-corrected chi connectivity index (χ0v) is 9.69. The van der Waals surface area contributed by atoms with E-state index < -0.39 is 5.97 Å². The summed E-state index contributed by atoms with van der Waals surface area (Å²) >= 11 is 0. The van der Waals surface area contributed by atoms with Gasteiger partial charge in [-0.25, -0.2) is 4.79 Å². The average molecular weight is 241 g/mol. The monoisotopic (exact) mass is 241 g/mol. The number of carboxylic acid groups (broad SMARTS) is 1. The summed E-state index contributed by atoms with van der Waals surface area (Å²) in [6.07, 6.45) is 0.295. The van der Waals surface area contributed by atoms with Crippen LogP contribution in [0.15, 0.2) is 6.07 Å². The van der Waals surface area contributed by atoms with Crippen molar-refractivity contribution in [2.45, 2.75) is 13.3 Å². The lowest BCUT2D eigenvalue weighted by Gasteiger charge is -2.08. The number of ether oxygens (including phenoxy) is 1. The normalized spacial score (nSPS) is 12.1. The fourth-order valence-electron chi connectivity index (χ4n) is 1.35. The number of nitrogens with zero attached hydrogens (tertiary/aromatic N) is 1. The van der Waals surface area contributed by atoms with E-state index in [2.05, 4.69) is 15.5 Å². The summed E-state index contributed by atoms with van der Waals surface area (Å²) in [6, 6.07) is 1.27. The number of aromatic nitrogens is 2. The van der Waals surface area contributed by atoms with E-state index in [-0.39, 0.29) is 23.3 Å². The van der Waals surface area contributed by atoms with Gasteiger partial charge in [0, 0.05) is 26.2 Å². The van der Waals surface area contributed by atoms with Crippen LogP contribution in [0.4, 0.5) is 5.82 Å². The molecule has 0 saturated heterocycles. The Balaban J connectivity index is 2.47. The molecule has 7 nitrogen and oxygen atoms in total. The van der Waals surface area contributed by atoms with Crippen LogP contribution in [0.3, 0.4) is 0 Å². The van der Waals surface area contributed by atoms with Crippen LogP contribution in [0.25, 0.3) is 0 Å². The summed E-state index contributed by atoms with van der Waals surface area (Å²) in [4.78, 5) is 22.1. The Morgan fingerprint density at radius 1 is 1.65 bits per heavy atom. The smallest absolute Gasteiger partial charge is 0.353 e. The molecule has 0 bridgehead atoms. The van der Waals surface area contributed by atoms with Crippen LogP contribution >= 0.6 is 0 Å². The van der Waals surface area contributed by atoms with Crippen LogP contribution < -0.4 is 5.32 Å². The molecule has 3 N–H and O–H groups in total. The summed E-state index contributed by atoms with van der Waals surface area (Å²) in [5.74, 6) is -1.04. The number of methoxy groups -OCH3 is 1. The Labute approximate surface area is 98.2 Å².